The summed E-state index contributed by atoms with van der Waals surface area (Å²) in [6, 6.07) is 1.51. The van der Waals surface area contributed by atoms with E-state index in [4.69, 9.17) is 27.6 Å². The Kier molecular flexibility index (Phi) is 4.73. The highest BCUT2D eigenvalue weighted by Gasteiger charge is 2.15. The average Bonchev–Trinajstić information content (AvgIpc) is 2.82. The Balaban J connectivity index is 2.22. The number of hydrogen-bond acceptors (Lipinski definition) is 5. The Hall–Kier alpha value is -1.46. The van der Waals surface area contributed by atoms with Crippen LogP contribution >= 0.6 is 23.2 Å². The first-order chi connectivity index (χ1) is 9.51. The van der Waals surface area contributed by atoms with Gasteiger partial charge in [0, 0.05) is 6.54 Å². The Bertz CT molecular complexity index is 600. The molecule has 2 aromatic heterocycles. The van der Waals surface area contributed by atoms with Crippen LogP contribution in [-0.4, -0.2) is 16.5 Å². The van der Waals surface area contributed by atoms with Gasteiger partial charge in [-0.25, -0.2) is 9.97 Å². The monoisotopic (exact) mass is 314 g/mol. The van der Waals surface area contributed by atoms with E-state index in [1.165, 1.54) is 0 Å². The standard InChI is InChI=1S/C13H16Cl2N4O/c1-4-16-11-9(14)5-10(15)12(19-11)18-8(3)13-17-6-7(2)20-13/h5-6,8H,4H2,1-3H3,(H2,16,18,19). The maximum atomic E-state index is 6.15. The molecule has 0 saturated carbocycles. The van der Waals surface area contributed by atoms with Crippen molar-refractivity contribution in [1.29, 1.82) is 0 Å². The Morgan fingerprint density at radius 3 is 2.60 bits per heavy atom. The van der Waals surface area contributed by atoms with E-state index < -0.39 is 0 Å². The molecule has 0 saturated heterocycles. The van der Waals surface area contributed by atoms with Gasteiger partial charge in [-0.15, -0.1) is 0 Å². The fourth-order valence-corrected chi connectivity index (χ4v) is 2.18. The third kappa shape index (κ3) is 3.35. The SMILES string of the molecule is CCNc1nc(NC(C)c2ncc(C)o2)c(Cl)cc1Cl. The molecular weight excluding hydrogens is 299 g/mol. The normalized spacial score (nSPS) is 12.2. The molecule has 7 heteroatoms. The molecule has 2 heterocycles. The van der Waals surface area contributed by atoms with Gasteiger partial charge in [0.25, 0.3) is 0 Å². The number of anilines is 2. The molecule has 2 aromatic rings. The van der Waals surface area contributed by atoms with E-state index in [1.54, 1.807) is 12.3 Å². The van der Waals surface area contributed by atoms with Gasteiger partial charge in [-0.3, -0.25) is 0 Å². The quantitative estimate of drug-likeness (QED) is 0.862. The summed E-state index contributed by atoms with van der Waals surface area (Å²) in [5.41, 5.74) is 0. The summed E-state index contributed by atoms with van der Waals surface area (Å²) < 4.78 is 5.47. The lowest BCUT2D eigenvalue weighted by atomic mass is 10.3. The molecule has 0 spiro atoms. The molecule has 0 fully saturated rings. The zero-order valence-electron chi connectivity index (χ0n) is 11.5. The molecule has 0 aliphatic heterocycles. The number of oxazole rings is 1. The van der Waals surface area contributed by atoms with Crippen molar-refractivity contribution in [2.75, 3.05) is 17.2 Å². The molecule has 0 aliphatic rings. The van der Waals surface area contributed by atoms with Crippen molar-refractivity contribution >= 4 is 34.8 Å². The third-order valence-electron chi connectivity index (χ3n) is 2.64. The van der Waals surface area contributed by atoms with Gasteiger partial charge in [-0.1, -0.05) is 23.2 Å². The highest BCUT2D eigenvalue weighted by atomic mass is 35.5. The van der Waals surface area contributed by atoms with E-state index in [-0.39, 0.29) is 6.04 Å². The summed E-state index contributed by atoms with van der Waals surface area (Å²) in [4.78, 5) is 8.55. The van der Waals surface area contributed by atoms with Gasteiger partial charge in [0.05, 0.1) is 16.2 Å². The van der Waals surface area contributed by atoms with Crippen molar-refractivity contribution in [3.8, 4) is 0 Å². The highest BCUT2D eigenvalue weighted by Crippen LogP contribution is 2.31. The maximum Gasteiger partial charge on any atom is 0.216 e. The van der Waals surface area contributed by atoms with Gasteiger partial charge in [-0.2, -0.15) is 0 Å². The third-order valence-corrected chi connectivity index (χ3v) is 3.21. The smallest absolute Gasteiger partial charge is 0.216 e. The van der Waals surface area contributed by atoms with Gasteiger partial charge in [0.15, 0.2) is 0 Å². The zero-order chi connectivity index (χ0) is 14.7. The van der Waals surface area contributed by atoms with Crippen molar-refractivity contribution in [3.63, 3.8) is 0 Å². The van der Waals surface area contributed by atoms with Gasteiger partial charge in [-0.05, 0) is 26.8 Å². The molecule has 20 heavy (non-hydrogen) atoms. The average molecular weight is 315 g/mol. The predicted octanol–water partition coefficient (Wildman–Crippen LogP) is 4.29. The lowest BCUT2D eigenvalue weighted by molar-refractivity contribution is 0.453. The Labute approximate surface area is 127 Å². The van der Waals surface area contributed by atoms with E-state index in [0.29, 0.717) is 27.6 Å². The van der Waals surface area contributed by atoms with Crippen molar-refractivity contribution in [2.24, 2.45) is 0 Å². The van der Waals surface area contributed by atoms with Crippen LogP contribution in [-0.2, 0) is 0 Å². The van der Waals surface area contributed by atoms with Gasteiger partial charge < -0.3 is 15.1 Å². The number of aryl methyl sites for hydroxylation is 1. The number of pyridine rings is 1. The van der Waals surface area contributed by atoms with Crippen LogP contribution in [0.4, 0.5) is 11.6 Å². The summed E-state index contributed by atoms with van der Waals surface area (Å²) >= 11 is 12.2. The largest absolute Gasteiger partial charge is 0.444 e. The maximum absolute atomic E-state index is 6.15. The minimum absolute atomic E-state index is 0.149. The first-order valence-corrected chi connectivity index (χ1v) is 7.05. The molecule has 0 radical (unpaired) electrons. The van der Waals surface area contributed by atoms with Gasteiger partial charge in [0.2, 0.25) is 5.89 Å². The first-order valence-electron chi connectivity index (χ1n) is 6.30. The lowest BCUT2D eigenvalue weighted by Gasteiger charge is -2.14. The van der Waals surface area contributed by atoms with Crippen molar-refractivity contribution < 1.29 is 4.42 Å². The molecule has 0 aliphatic carbocycles. The molecule has 1 atom stereocenters. The summed E-state index contributed by atoms with van der Waals surface area (Å²) in [6.45, 7) is 6.46. The minimum atomic E-state index is -0.149. The minimum Gasteiger partial charge on any atom is -0.444 e. The predicted molar refractivity (Wildman–Crippen MR) is 81.7 cm³/mol. The fraction of sp³-hybridized carbons (Fsp3) is 0.385. The van der Waals surface area contributed by atoms with Crippen LogP contribution in [0.1, 0.15) is 31.5 Å². The van der Waals surface area contributed by atoms with Crippen LogP contribution in [0.25, 0.3) is 0 Å². The number of nitrogens with zero attached hydrogens (tertiary/aromatic N) is 2. The van der Waals surface area contributed by atoms with E-state index in [0.717, 1.165) is 12.3 Å². The summed E-state index contributed by atoms with van der Waals surface area (Å²) in [5.74, 6) is 2.48. The van der Waals surface area contributed by atoms with Crippen LogP contribution in [0.3, 0.4) is 0 Å². The number of aromatic nitrogens is 2. The molecule has 5 nitrogen and oxygen atoms in total. The topological polar surface area (TPSA) is 63.0 Å². The molecule has 108 valence electrons. The molecule has 0 amide bonds. The van der Waals surface area contributed by atoms with Crippen LogP contribution < -0.4 is 10.6 Å². The second kappa shape index (κ2) is 6.33. The molecule has 2 N–H and O–H groups in total. The van der Waals surface area contributed by atoms with Crippen molar-refractivity contribution in [2.45, 2.75) is 26.8 Å². The van der Waals surface area contributed by atoms with Gasteiger partial charge in [0.1, 0.15) is 23.4 Å². The van der Waals surface area contributed by atoms with Crippen LogP contribution in [0.5, 0.6) is 0 Å². The summed E-state index contributed by atoms with van der Waals surface area (Å²) in [7, 11) is 0. The molecular formula is C13H16Cl2N4O. The number of halogens is 2. The van der Waals surface area contributed by atoms with Crippen LogP contribution in [0.15, 0.2) is 16.7 Å². The van der Waals surface area contributed by atoms with Crippen molar-refractivity contribution in [3.05, 3.63) is 34.0 Å². The Morgan fingerprint density at radius 2 is 2.00 bits per heavy atom. The van der Waals surface area contributed by atoms with Gasteiger partial charge >= 0.3 is 0 Å². The first kappa shape index (κ1) is 14.9. The van der Waals surface area contributed by atoms with E-state index >= 15 is 0 Å². The molecule has 0 bridgehead atoms. The number of nitrogens with one attached hydrogen (secondary N) is 2. The second-order valence-corrected chi connectivity index (χ2v) is 5.17. The van der Waals surface area contributed by atoms with Crippen LogP contribution in [0, 0.1) is 6.92 Å². The number of hydrogen-bond donors (Lipinski definition) is 2. The van der Waals surface area contributed by atoms with E-state index in [1.807, 2.05) is 20.8 Å². The summed E-state index contributed by atoms with van der Waals surface area (Å²) in [5, 5.41) is 7.19. The number of rotatable bonds is 5. The lowest BCUT2D eigenvalue weighted by Crippen LogP contribution is -2.10. The van der Waals surface area contributed by atoms with E-state index in [9.17, 15) is 0 Å². The van der Waals surface area contributed by atoms with Crippen molar-refractivity contribution in [1.82, 2.24) is 9.97 Å². The Morgan fingerprint density at radius 1 is 1.30 bits per heavy atom. The second-order valence-electron chi connectivity index (χ2n) is 4.35. The molecule has 0 aromatic carbocycles. The molecule has 1 unspecified atom stereocenters. The zero-order valence-corrected chi connectivity index (χ0v) is 13.0. The highest BCUT2D eigenvalue weighted by molar-refractivity contribution is 6.37. The van der Waals surface area contributed by atoms with Crippen LogP contribution in [0.2, 0.25) is 10.0 Å². The molecule has 2 rings (SSSR count). The van der Waals surface area contributed by atoms with E-state index in [2.05, 4.69) is 20.6 Å². The fourth-order valence-electron chi connectivity index (χ4n) is 1.70. The summed E-state index contributed by atoms with van der Waals surface area (Å²) in [6.07, 6.45) is 1.68.